The zero-order chi connectivity index (χ0) is 11.3. The monoisotopic (exact) mass is 234 g/mol. The molecule has 0 aliphatic heterocycles. The van der Waals surface area contributed by atoms with Crippen LogP contribution in [0.25, 0.3) is 0 Å². The predicted molar refractivity (Wildman–Crippen MR) is 57.6 cm³/mol. The molecule has 1 saturated carbocycles. The first kappa shape index (κ1) is 12.4. The number of nitrogens with one attached hydrogen (secondary N) is 1. The Morgan fingerprint density at radius 1 is 1.27 bits per heavy atom. The molecular weight excluding hydrogens is 216 g/mol. The Balaban J connectivity index is 2.23. The molecule has 1 rings (SSSR count). The van der Waals surface area contributed by atoms with Crippen molar-refractivity contribution in [2.75, 3.05) is 12.3 Å². The van der Waals surface area contributed by atoms with Crippen molar-refractivity contribution < 1.29 is 13.2 Å². The van der Waals surface area contributed by atoms with E-state index in [1.807, 2.05) is 0 Å². The highest BCUT2D eigenvalue weighted by Gasteiger charge is 2.20. The van der Waals surface area contributed by atoms with Crippen LogP contribution in [0.15, 0.2) is 0 Å². The lowest BCUT2D eigenvalue weighted by molar-refractivity contribution is -0.125. The zero-order valence-corrected chi connectivity index (χ0v) is 9.55. The number of amides is 1. The predicted octanol–water partition coefficient (Wildman–Crippen LogP) is -0.0286. The summed E-state index contributed by atoms with van der Waals surface area (Å²) in [7, 11) is -3.47. The van der Waals surface area contributed by atoms with Gasteiger partial charge in [0.05, 0.1) is 5.75 Å². The molecule has 0 radical (unpaired) electrons. The average Bonchev–Trinajstić information content (AvgIpc) is 2.17. The fourth-order valence-corrected chi connectivity index (χ4v) is 2.21. The fraction of sp³-hybridized carbons (Fsp3) is 0.889. The number of hydrogen-bond acceptors (Lipinski definition) is 3. The lowest BCUT2D eigenvalue weighted by Gasteiger charge is -2.20. The van der Waals surface area contributed by atoms with Gasteiger partial charge in [0.15, 0.2) is 0 Å². The first-order chi connectivity index (χ1) is 6.99. The minimum atomic E-state index is -3.47. The standard InChI is InChI=1S/C9H18N2O3S/c10-15(13,14)7-6-11-9(12)8-4-2-1-3-5-8/h8H,1-7H2,(H,11,12)(H2,10,13,14). The topological polar surface area (TPSA) is 89.3 Å². The second-order valence-electron chi connectivity index (χ2n) is 3.99. The maximum absolute atomic E-state index is 11.5. The van der Waals surface area contributed by atoms with Gasteiger partial charge in [-0.2, -0.15) is 0 Å². The number of nitrogens with two attached hydrogens (primary N) is 1. The summed E-state index contributed by atoms with van der Waals surface area (Å²) >= 11 is 0. The molecule has 0 saturated heterocycles. The van der Waals surface area contributed by atoms with Gasteiger partial charge in [0.2, 0.25) is 15.9 Å². The molecule has 0 atom stereocenters. The van der Waals surface area contributed by atoms with E-state index in [9.17, 15) is 13.2 Å². The number of rotatable bonds is 4. The molecule has 88 valence electrons. The lowest BCUT2D eigenvalue weighted by Crippen LogP contribution is -2.36. The van der Waals surface area contributed by atoms with E-state index in [-0.39, 0.29) is 24.1 Å². The summed E-state index contributed by atoms with van der Waals surface area (Å²) in [4.78, 5) is 11.5. The van der Waals surface area contributed by atoms with E-state index in [4.69, 9.17) is 5.14 Å². The van der Waals surface area contributed by atoms with Crippen molar-refractivity contribution in [3.05, 3.63) is 0 Å². The molecule has 5 nitrogen and oxygen atoms in total. The van der Waals surface area contributed by atoms with Crippen LogP contribution >= 0.6 is 0 Å². The molecule has 0 aromatic heterocycles. The van der Waals surface area contributed by atoms with Crippen LogP contribution in [0, 0.1) is 5.92 Å². The largest absolute Gasteiger partial charge is 0.355 e. The quantitative estimate of drug-likeness (QED) is 0.716. The van der Waals surface area contributed by atoms with Crippen molar-refractivity contribution in [1.82, 2.24) is 5.32 Å². The number of carbonyl (C=O) groups is 1. The molecular formula is C9H18N2O3S. The smallest absolute Gasteiger partial charge is 0.223 e. The number of hydrogen-bond donors (Lipinski definition) is 2. The van der Waals surface area contributed by atoms with E-state index in [0.717, 1.165) is 25.7 Å². The van der Waals surface area contributed by atoms with Crippen LogP contribution in [0.4, 0.5) is 0 Å². The van der Waals surface area contributed by atoms with Crippen LogP contribution < -0.4 is 10.5 Å². The van der Waals surface area contributed by atoms with Gasteiger partial charge < -0.3 is 5.32 Å². The summed E-state index contributed by atoms with van der Waals surface area (Å²) in [6, 6.07) is 0. The van der Waals surface area contributed by atoms with Gasteiger partial charge >= 0.3 is 0 Å². The van der Waals surface area contributed by atoms with Crippen molar-refractivity contribution in [3.8, 4) is 0 Å². The first-order valence-corrected chi connectivity index (χ1v) is 6.99. The van der Waals surface area contributed by atoms with Crippen molar-refractivity contribution in [2.45, 2.75) is 32.1 Å². The number of sulfonamides is 1. The second kappa shape index (κ2) is 5.46. The van der Waals surface area contributed by atoms with E-state index in [2.05, 4.69) is 5.32 Å². The molecule has 1 amide bonds. The Morgan fingerprint density at radius 2 is 1.87 bits per heavy atom. The molecule has 1 aliphatic rings. The molecule has 0 bridgehead atoms. The van der Waals surface area contributed by atoms with Gasteiger partial charge in [-0.25, -0.2) is 13.6 Å². The number of primary sulfonamides is 1. The van der Waals surface area contributed by atoms with Crippen molar-refractivity contribution in [1.29, 1.82) is 0 Å². The van der Waals surface area contributed by atoms with E-state index in [0.29, 0.717) is 0 Å². The van der Waals surface area contributed by atoms with Crippen molar-refractivity contribution in [2.24, 2.45) is 11.1 Å². The third-order valence-electron chi connectivity index (χ3n) is 2.66. The molecule has 0 unspecified atom stereocenters. The van der Waals surface area contributed by atoms with E-state index in [1.165, 1.54) is 6.42 Å². The summed E-state index contributed by atoms with van der Waals surface area (Å²) in [6.45, 7) is 0.119. The summed E-state index contributed by atoms with van der Waals surface area (Å²) in [5.41, 5.74) is 0. The van der Waals surface area contributed by atoms with Gasteiger partial charge in [-0.15, -0.1) is 0 Å². The highest BCUT2D eigenvalue weighted by Crippen LogP contribution is 2.23. The average molecular weight is 234 g/mol. The van der Waals surface area contributed by atoms with Gasteiger partial charge in [0, 0.05) is 12.5 Å². The second-order valence-corrected chi connectivity index (χ2v) is 5.73. The molecule has 15 heavy (non-hydrogen) atoms. The van der Waals surface area contributed by atoms with E-state index in [1.54, 1.807) is 0 Å². The maximum atomic E-state index is 11.5. The molecule has 1 fully saturated rings. The van der Waals surface area contributed by atoms with Crippen molar-refractivity contribution in [3.63, 3.8) is 0 Å². The van der Waals surface area contributed by atoms with Gasteiger partial charge in [-0.1, -0.05) is 19.3 Å². The van der Waals surface area contributed by atoms with Crippen LogP contribution in [-0.2, 0) is 14.8 Å². The third-order valence-corrected chi connectivity index (χ3v) is 3.43. The third kappa shape index (κ3) is 5.13. The van der Waals surface area contributed by atoms with Crippen LogP contribution in [-0.4, -0.2) is 26.6 Å². The molecule has 0 aromatic carbocycles. The fourth-order valence-electron chi connectivity index (χ4n) is 1.83. The van der Waals surface area contributed by atoms with Crippen LogP contribution in [0.3, 0.4) is 0 Å². The summed E-state index contributed by atoms with van der Waals surface area (Å²) in [5.74, 6) is -0.150. The minimum Gasteiger partial charge on any atom is -0.355 e. The summed E-state index contributed by atoms with van der Waals surface area (Å²) in [6.07, 6.45) is 5.21. The van der Waals surface area contributed by atoms with Gasteiger partial charge in [0.1, 0.15) is 0 Å². The number of carbonyl (C=O) groups excluding carboxylic acids is 1. The van der Waals surface area contributed by atoms with Crippen LogP contribution in [0.5, 0.6) is 0 Å². The molecule has 0 aromatic rings. The van der Waals surface area contributed by atoms with E-state index >= 15 is 0 Å². The molecule has 0 heterocycles. The highest BCUT2D eigenvalue weighted by atomic mass is 32.2. The lowest BCUT2D eigenvalue weighted by atomic mass is 9.89. The van der Waals surface area contributed by atoms with Gasteiger partial charge in [-0.3, -0.25) is 4.79 Å². The molecule has 0 spiro atoms. The van der Waals surface area contributed by atoms with Crippen LogP contribution in [0.1, 0.15) is 32.1 Å². The first-order valence-electron chi connectivity index (χ1n) is 5.27. The van der Waals surface area contributed by atoms with Gasteiger partial charge in [-0.05, 0) is 12.8 Å². The normalized spacial score (nSPS) is 18.7. The van der Waals surface area contributed by atoms with Crippen molar-refractivity contribution >= 4 is 15.9 Å². The zero-order valence-electron chi connectivity index (χ0n) is 8.74. The maximum Gasteiger partial charge on any atom is 0.223 e. The molecule has 1 aliphatic carbocycles. The minimum absolute atomic E-state index is 0.0293. The van der Waals surface area contributed by atoms with Gasteiger partial charge in [0.25, 0.3) is 0 Å². The SMILES string of the molecule is NS(=O)(=O)CCNC(=O)C1CCCCC1. The van der Waals surface area contributed by atoms with E-state index < -0.39 is 10.0 Å². The Morgan fingerprint density at radius 3 is 2.40 bits per heavy atom. The molecule has 6 heteroatoms. The Bertz CT molecular complexity index is 307. The Kier molecular flexibility index (Phi) is 4.53. The van der Waals surface area contributed by atoms with Crippen LogP contribution in [0.2, 0.25) is 0 Å². The summed E-state index contributed by atoms with van der Waals surface area (Å²) < 4.78 is 21.2. The Hall–Kier alpha value is -0.620. The summed E-state index contributed by atoms with van der Waals surface area (Å²) in [5, 5.41) is 7.43. The Labute approximate surface area is 90.5 Å². The highest BCUT2D eigenvalue weighted by molar-refractivity contribution is 7.89. The molecule has 3 N–H and O–H groups in total.